The lowest BCUT2D eigenvalue weighted by Gasteiger charge is -2.30. The molecule has 1 saturated carbocycles. The summed E-state index contributed by atoms with van der Waals surface area (Å²) in [5.74, 6) is 1.26. The lowest BCUT2D eigenvalue weighted by molar-refractivity contribution is 0.0927. The van der Waals surface area contributed by atoms with Gasteiger partial charge >= 0.3 is 0 Å². The molecular weight excluding hydrogens is 330 g/mol. The summed E-state index contributed by atoms with van der Waals surface area (Å²) in [6.07, 6.45) is 3.81. The van der Waals surface area contributed by atoms with Gasteiger partial charge in [0.1, 0.15) is 12.2 Å². The van der Waals surface area contributed by atoms with Crippen LogP contribution in [0.5, 0.6) is 0 Å². The molecule has 7 heteroatoms. The van der Waals surface area contributed by atoms with Crippen molar-refractivity contribution >= 4 is 11.6 Å². The zero-order chi connectivity index (χ0) is 17.9. The molecular formula is C19H25N5O2. The van der Waals surface area contributed by atoms with Gasteiger partial charge in [0, 0.05) is 25.3 Å². The quantitative estimate of drug-likeness (QED) is 0.858. The van der Waals surface area contributed by atoms with Crippen LogP contribution in [0.25, 0.3) is 0 Å². The van der Waals surface area contributed by atoms with E-state index in [9.17, 15) is 4.79 Å². The molecule has 26 heavy (non-hydrogen) atoms. The first-order valence-electron chi connectivity index (χ1n) is 9.38. The number of carbonyl (C=O) groups excluding carboxylic acids is 1. The Morgan fingerprint density at radius 2 is 2.08 bits per heavy atom. The van der Waals surface area contributed by atoms with Gasteiger partial charge < -0.3 is 15.0 Å². The Balaban J connectivity index is 1.57. The van der Waals surface area contributed by atoms with E-state index in [1.54, 1.807) is 6.33 Å². The maximum atomic E-state index is 13.1. The summed E-state index contributed by atoms with van der Waals surface area (Å²) >= 11 is 0. The van der Waals surface area contributed by atoms with Gasteiger partial charge in [-0.2, -0.15) is 5.10 Å². The second kappa shape index (κ2) is 7.45. The fraction of sp³-hybridized carbons (Fsp3) is 0.526. The van der Waals surface area contributed by atoms with Crippen LogP contribution in [0.1, 0.15) is 42.0 Å². The summed E-state index contributed by atoms with van der Waals surface area (Å²) in [5.41, 5.74) is 1.68. The summed E-state index contributed by atoms with van der Waals surface area (Å²) in [6.45, 7) is 5.79. The third-order valence-electron chi connectivity index (χ3n) is 5.10. The van der Waals surface area contributed by atoms with E-state index in [1.165, 1.54) is 0 Å². The molecule has 1 saturated heterocycles. The second-order valence-electron chi connectivity index (χ2n) is 6.84. The van der Waals surface area contributed by atoms with Crippen molar-refractivity contribution < 1.29 is 9.53 Å². The summed E-state index contributed by atoms with van der Waals surface area (Å²) in [6, 6.07) is 7.73. The van der Waals surface area contributed by atoms with Gasteiger partial charge in [0.15, 0.2) is 0 Å². The van der Waals surface area contributed by atoms with Crippen molar-refractivity contribution in [2.75, 3.05) is 31.2 Å². The molecule has 4 rings (SSSR count). The Kier molecular flexibility index (Phi) is 4.88. The maximum absolute atomic E-state index is 13.1. The van der Waals surface area contributed by atoms with Gasteiger partial charge in [-0.15, -0.1) is 0 Å². The van der Waals surface area contributed by atoms with E-state index in [4.69, 9.17) is 4.74 Å². The van der Waals surface area contributed by atoms with Crippen molar-refractivity contribution in [3.8, 4) is 0 Å². The summed E-state index contributed by atoms with van der Waals surface area (Å²) in [7, 11) is 0. The van der Waals surface area contributed by atoms with Crippen molar-refractivity contribution in [1.82, 2.24) is 20.1 Å². The molecule has 7 nitrogen and oxygen atoms in total. The highest BCUT2D eigenvalue weighted by Gasteiger charge is 2.36. The summed E-state index contributed by atoms with van der Waals surface area (Å²) in [5, 5.41) is 7.50. The van der Waals surface area contributed by atoms with Crippen LogP contribution in [-0.4, -0.2) is 47.0 Å². The average molecular weight is 355 g/mol. The number of hydrogen-bond donors (Lipinski definition) is 1. The number of hydrogen-bond acceptors (Lipinski definition) is 5. The highest BCUT2D eigenvalue weighted by Crippen LogP contribution is 2.40. The average Bonchev–Trinajstić information content (AvgIpc) is 3.43. The van der Waals surface area contributed by atoms with Gasteiger partial charge in [-0.05, 0) is 37.8 Å². The number of anilines is 1. The predicted octanol–water partition coefficient (Wildman–Crippen LogP) is 2.02. The third-order valence-corrected chi connectivity index (χ3v) is 5.10. The van der Waals surface area contributed by atoms with Crippen LogP contribution < -0.4 is 10.2 Å². The fourth-order valence-electron chi connectivity index (χ4n) is 3.55. The first kappa shape index (κ1) is 17.0. The van der Waals surface area contributed by atoms with Gasteiger partial charge in [0.25, 0.3) is 5.91 Å². The van der Waals surface area contributed by atoms with Crippen LogP contribution in [0.2, 0.25) is 0 Å². The van der Waals surface area contributed by atoms with Crippen LogP contribution in [0.15, 0.2) is 30.6 Å². The van der Waals surface area contributed by atoms with Gasteiger partial charge in [-0.1, -0.05) is 12.1 Å². The largest absolute Gasteiger partial charge is 0.378 e. The van der Waals surface area contributed by atoms with Gasteiger partial charge in [-0.3, -0.25) is 4.79 Å². The maximum Gasteiger partial charge on any atom is 0.253 e. The van der Waals surface area contributed by atoms with E-state index >= 15 is 0 Å². The molecule has 1 unspecified atom stereocenters. The smallest absolute Gasteiger partial charge is 0.253 e. The monoisotopic (exact) mass is 355 g/mol. The highest BCUT2D eigenvalue weighted by atomic mass is 16.5. The van der Waals surface area contributed by atoms with E-state index < -0.39 is 0 Å². The number of nitrogens with one attached hydrogen (secondary N) is 1. The highest BCUT2D eigenvalue weighted by molar-refractivity contribution is 6.00. The molecule has 1 aromatic carbocycles. The number of morpholine rings is 1. The first-order valence-corrected chi connectivity index (χ1v) is 9.38. The molecule has 1 aromatic heterocycles. The van der Waals surface area contributed by atoms with Crippen LogP contribution in [0, 0.1) is 5.92 Å². The number of rotatable bonds is 6. The van der Waals surface area contributed by atoms with Crippen molar-refractivity contribution in [3.05, 3.63) is 42.0 Å². The number of aromatic nitrogens is 3. The molecule has 1 aliphatic heterocycles. The van der Waals surface area contributed by atoms with Crippen molar-refractivity contribution in [2.24, 2.45) is 5.92 Å². The van der Waals surface area contributed by atoms with Gasteiger partial charge in [0.05, 0.1) is 24.8 Å². The predicted molar refractivity (Wildman–Crippen MR) is 98.1 cm³/mol. The number of aryl methyl sites for hydroxylation is 1. The van der Waals surface area contributed by atoms with E-state index in [1.807, 2.05) is 35.9 Å². The Morgan fingerprint density at radius 3 is 2.81 bits per heavy atom. The molecule has 2 fully saturated rings. The zero-order valence-electron chi connectivity index (χ0n) is 15.1. The molecule has 138 valence electrons. The Bertz CT molecular complexity index is 765. The SMILES string of the molecule is CCn1ncnc1C(NC(=O)c1ccccc1N1CCOCC1)C1CC1. The van der Waals surface area contributed by atoms with Gasteiger partial charge in [-0.25, -0.2) is 9.67 Å². The van der Waals surface area contributed by atoms with Crippen molar-refractivity contribution in [3.63, 3.8) is 0 Å². The number of benzene rings is 1. The molecule has 2 aromatic rings. The number of para-hydroxylation sites is 1. The molecule has 0 spiro atoms. The summed E-state index contributed by atoms with van der Waals surface area (Å²) in [4.78, 5) is 19.8. The lowest BCUT2D eigenvalue weighted by atomic mass is 10.1. The second-order valence-corrected chi connectivity index (χ2v) is 6.84. The summed E-state index contributed by atoms with van der Waals surface area (Å²) < 4.78 is 7.31. The minimum absolute atomic E-state index is 0.0466. The number of nitrogens with zero attached hydrogens (tertiary/aromatic N) is 4. The topological polar surface area (TPSA) is 72.3 Å². The number of ether oxygens (including phenoxy) is 1. The zero-order valence-corrected chi connectivity index (χ0v) is 15.1. The molecule has 2 heterocycles. The van der Waals surface area contributed by atoms with E-state index in [0.29, 0.717) is 24.7 Å². The van der Waals surface area contributed by atoms with Crippen molar-refractivity contribution in [2.45, 2.75) is 32.4 Å². The molecule has 0 radical (unpaired) electrons. The Labute approximate surface area is 153 Å². The molecule has 1 N–H and O–H groups in total. The van der Waals surface area contributed by atoms with E-state index in [2.05, 4.69) is 20.3 Å². The van der Waals surface area contributed by atoms with Crippen LogP contribution in [0.4, 0.5) is 5.69 Å². The lowest BCUT2D eigenvalue weighted by Crippen LogP contribution is -2.38. The minimum atomic E-state index is -0.0808. The molecule has 2 aliphatic rings. The number of amides is 1. The third kappa shape index (κ3) is 3.44. The standard InChI is InChI=1S/C19H25N5O2/c1-2-24-18(20-13-21-24)17(14-7-8-14)22-19(25)15-5-3-4-6-16(15)23-9-11-26-12-10-23/h3-6,13-14,17H,2,7-12H2,1H3,(H,22,25). The fourth-order valence-corrected chi connectivity index (χ4v) is 3.55. The minimum Gasteiger partial charge on any atom is -0.378 e. The van der Waals surface area contributed by atoms with Crippen LogP contribution >= 0.6 is 0 Å². The molecule has 0 bridgehead atoms. The van der Waals surface area contributed by atoms with Crippen LogP contribution in [-0.2, 0) is 11.3 Å². The van der Waals surface area contributed by atoms with E-state index in [0.717, 1.165) is 44.0 Å². The molecule has 1 amide bonds. The van der Waals surface area contributed by atoms with Crippen LogP contribution in [0.3, 0.4) is 0 Å². The van der Waals surface area contributed by atoms with E-state index in [-0.39, 0.29) is 11.9 Å². The molecule has 1 atom stereocenters. The Morgan fingerprint density at radius 1 is 1.31 bits per heavy atom. The molecule has 1 aliphatic carbocycles. The van der Waals surface area contributed by atoms with Crippen molar-refractivity contribution in [1.29, 1.82) is 0 Å². The first-order chi connectivity index (χ1) is 12.8. The van der Waals surface area contributed by atoms with Gasteiger partial charge in [0.2, 0.25) is 0 Å². The normalized spacial score (nSPS) is 18.6. The Hall–Kier alpha value is -2.41. The number of carbonyl (C=O) groups is 1.